The molecule has 0 radical (unpaired) electrons. The molecule has 1 aliphatic rings. The van der Waals surface area contributed by atoms with Crippen LogP contribution in [0.1, 0.15) is 11.3 Å². The molecular formula is C7H7N5OS. The van der Waals surface area contributed by atoms with Crippen molar-refractivity contribution in [2.75, 3.05) is 5.73 Å². The summed E-state index contributed by atoms with van der Waals surface area (Å²) in [6, 6.07) is 0. The molecule has 0 aromatic carbocycles. The Morgan fingerprint density at radius 2 is 2.29 bits per heavy atom. The molecule has 3 heterocycles. The van der Waals surface area contributed by atoms with E-state index >= 15 is 0 Å². The lowest BCUT2D eigenvalue weighted by Crippen LogP contribution is -2.20. The summed E-state index contributed by atoms with van der Waals surface area (Å²) in [5, 5.41) is 2.66. The molecule has 0 bridgehead atoms. The highest BCUT2D eigenvalue weighted by Gasteiger charge is 2.19. The predicted molar refractivity (Wildman–Crippen MR) is 53.0 cm³/mol. The lowest BCUT2D eigenvalue weighted by atomic mass is 10.3. The van der Waals surface area contributed by atoms with Crippen LogP contribution >= 0.6 is 11.8 Å². The lowest BCUT2D eigenvalue weighted by Gasteiger charge is -1.95. The molecule has 0 fully saturated rings. The quantitative estimate of drug-likeness (QED) is 0.624. The third-order valence-corrected chi connectivity index (χ3v) is 3.15. The Labute approximate surface area is 82.5 Å². The maximum Gasteiger partial charge on any atom is 0.278 e. The SMILES string of the molecule is Nc1nc2nc3c(c(=O)n2[nH]1)CSC3. The van der Waals surface area contributed by atoms with Crippen molar-refractivity contribution in [2.24, 2.45) is 0 Å². The van der Waals surface area contributed by atoms with Crippen molar-refractivity contribution in [3.63, 3.8) is 0 Å². The number of hydrogen-bond acceptors (Lipinski definition) is 5. The first kappa shape index (κ1) is 7.86. The van der Waals surface area contributed by atoms with E-state index in [0.29, 0.717) is 5.78 Å². The van der Waals surface area contributed by atoms with Crippen molar-refractivity contribution in [3.8, 4) is 0 Å². The van der Waals surface area contributed by atoms with Crippen LogP contribution in [0.3, 0.4) is 0 Å². The van der Waals surface area contributed by atoms with Gasteiger partial charge in [-0.3, -0.25) is 9.89 Å². The van der Waals surface area contributed by atoms with Gasteiger partial charge in [0, 0.05) is 11.5 Å². The molecule has 7 heteroatoms. The monoisotopic (exact) mass is 209 g/mol. The molecule has 6 nitrogen and oxygen atoms in total. The second kappa shape index (κ2) is 2.50. The summed E-state index contributed by atoms with van der Waals surface area (Å²) in [6.45, 7) is 0. The average molecular weight is 209 g/mol. The van der Waals surface area contributed by atoms with Gasteiger partial charge in [0.15, 0.2) is 0 Å². The van der Waals surface area contributed by atoms with Gasteiger partial charge in [-0.05, 0) is 0 Å². The second-order valence-corrected chi connectivity index (χ2v) is 4.06. The molecule has 3 N–H and O–H groups in total. The summed E-state index contributed by atoms with van der Waals surface area (Å²) in [7, 11) is 0. The van der Waals surface area contributed by atoms with Gasteiger partial charge in [0.05, 0.1) is 11.3 Å². The normalized spacial score (nSPS) is 14.9. The van der Waals surface area contributed by atoms with Crippen molar-refractivity contribution in [2.45, 2.75) is 11.5 Å². The zero-order valence-electron chi connectivity index (χ0n) is 7.15. The number of nitrogen functional groups attached to an aromatic ring is 1. The molecule has 72 valence electrons. The molecule has 0 unspecified atom stereocenters. The molecule has 0 saturated heterocycles. The maximum absolute atomic E-state index is 11.8. The van der Waals surface area contributed by atoms with Crippen LogP contribution in [0.15, 0.2) is 4.79 Å². The van der Waals surface area contributed by atoms with Crippen LogP contribution in [0, 0.1) is 0 Å². The molecule has 3 rings (SSSR count). The van der Waals surface area contributed by atoms with Gasteiger partial charge < -0.3 is 5.73 Å². The van der Waals surface area contributed by atoms with Crippen molar-refractivity contribution < 1.29 is 0 Å². The van der Waals surface area contributed by atoms with Gasteiger partial charge in [0.2, 0.25) is 5.95 Å². The summed E-state index contributed by atoms with van der Waals surface area (Å²) < 4.78 is 1.29. The number of aromatic nitrogens is 4. The highest BCUT2D eigenvalue weighted by atomic mass is 32.2. The molecule has 1 aliphatic heterocycles. The number of thioether (sulfide) groups is 1. The summed E-state index contributed by atoms with van der Waals surface area (Å²) >= 11 is 1.69. The summed E-state index contributed by atoms with van der Waals surface area (Å²) in [5.74, 6) is 2.08. The van der Waals surface area contributed by atoms with E-state index < -0.39 is 0 Å². The first-order valence-electron chi connectivity index (χ1n) is 4.09. The Bertz CT molecular complexity index is 571. The summed E-state index contributed by atoms with van der Waals surface area (Å²) in [5.41, 5.74) is 6.96. The number of anilines is 1. The minimum absolute atomic E-state index is 0.0841. The molecule has 0 spiro atoms. The van der Waals surface area contributed by atoms with Gasteiger partial charge in [-0.2, -0.15) is 21.3 Å². The van der Waals surface area contributed by atoms with Crippen LogP contribution in [0.5, 0.6) is 0 Å². The zero-order chi connectivity index (χ0) is 9.71. The Morgan fingerprint density at radius 1 is 1.43 bits per heavy atom. The highest BCUT2D eigenvalue weighted by Crippen LogP contribution is 2.25. The number of hydrogen-bond donors (Lipinski definition) is 2. The summed E-state index contributed by atoms with van der Waals surface area (Å²) in [4.78, 5) is 20.0. The number of rotatable bonds is 0. The Kier molecular flexibility index (Phi) is 1.41. The van der Waals surface area contributed by atoms with E-state index in [-0.39, 0.29) is 11.5 Å². The lowest BCUT2D eigenvalue weighted by molar-refractivity contribution is 0.876. The Morgan fingerprint density at radius 3 is 3.14 bits per heavy atom. The van der Waals surface area contributed by atoms with Gasteiger partial charge in [0.25, 0.3) is 11.3 Å². The zero-order valence-corrected chi connectivity index (χ0v) is 7.97. The summed E-state index contributed by atoms with van der Waals surface area (Å²) in [6.07, 6.45) is 0. The standard InChI is InChI=1S/C7H7N5OS/c8-6-10-7-9-4-2-14-1-3(4)5(13)12(7)11-6/h1-2H2,(H3,8,9,10,11). The molecule has 14 heavy (non-hydrogen) atoms. The van der Waals surface area contributed by atoms with Crippen molar-refractivity contribution >= 4 is 23.5 Å². The minimum atomic E-state index is -0.0841. The maximum atomic E-state index is 11.8. The van der Waals surface area contributed by atoms with Crippen LogP contribution in [0.25, 0.3) is 5.78 Å². The van der Waals surface area contributed by atoms with Gasteiger partial charge in [-0.1, -0.05) is 0 Å². The van der Waals surface area contributed by atoms with E-state index in [4.69, 9.17) is 5.73 Å². The van der Waals surface area contributed by atoms with Crippen LogP contribution in [0.2, 0.25) is 0 Å². The third kappa shape index (κ3) is 0.897. The van der Waals surface area contributed by atoms with Crippen LogP contribution < -0.4 is 11.3 Å². The molecule has 2 aromatic heterocycles. The number of fused-ring (bicyclic) bond motifs is 2. The number of H-pyrrole nitrogens is 1. The average Bonchev–Trinajstić information content (AvgIpc) is 2.71. The van der Waals surface area contributed by atoms with Gasteiger partial charge in [-0.25, -0.2) is 4.98 Å². The number of nitrogens with two attached hydrogens (primary N) is 1. The number of aromatic amines is 1. The third-order valence-electron chi connectivity index (χ3n) is 2.18. The second-order valence-electron chi connectivity index (χ2n) is 3.08. The fourth-order valence-electron chi connectivity index (χ4n) is 1.52. The molecule has 0 atom stereocenters. The van der Waals surface area contributed by atoms with Crippen LogP contribution in [0.4, 0.5) is 5.95 Å². The highest BCUT2D eigenvalue weighted by molar-refractivity contribution is 7.98. The smallest absolute Gasteiger partial charge is 0.278 e. The predicted octanol–water partition coefficient (Wildman–Crippen LogP) is -0.253. The number of nitrogens with zero attached hydrogens (tertiary/aromatic N) is 3. The van der Waals surface area contributed by atoms with Gasteiger partial charge >= 0.3 is 0 Å². The van der Waals surface area contributed by atoms with E-state index in [2.05, 4.69) is 15.1 Å². The number of nitrogens with one attached hydrogen (secondary N) is 1. The topological polar surface area (TPSA) is 89.1 Å². The Balaban J connectivity index is 2.49. The van der Waals surface area contributed by atoms with E-state index in [0.717, 1.165) is 22.8 Å². The van der Waals surface area contributed by atoms with Crippen molar-refractivity contribution in [3.05, 3.63) is 21.6 Å². The van der Waals surface area contributed by atoms with E-state index in [1.165, 1.54) is 4.52 Å². The first-order chi connectivity index (χ1) is 6.75. The molecule has 2 aromatic rings. The minimum Gasteiger partial charge on any atom is -0.368 e. The van der Waals surface area contributed by atoms with Crippen molar-refractivity contribution in [1.82, 2.24) is 19.6 Å². The molecule has 0 saturated carbocycles. The van der Waals surface area contributed by atoms with E-state index in [1.807, 2.05) is 0 Å². The van der Waals surface area contributed by atoms with Gasteiger partial charge in [-0.15, -0.1) is 0 Å². The molecule has 0 amide bonds. The van der Waals surface area contributed by atoms with E-state index in [1.54, 1.807) is 11.8 Å². The largest absolute Gasteiger partial charge is 0.368 e. The molecule has 0 aliphatic carbocycles. The Hall–Kier alpha value is -1.50. The first-order valence-corrected chi connectivity index (χ1v) is 5.25. The fourth-order valence-corrected chi connectivity index (χ4v) is 2.55. The molecular weight excluding hydrogens is 202 g/mol. The fraction of sp³-hybridized carbons (Fsp3) is 0.286. The van der Waals surface area contributed by atoms with Crippen LogP contribution in [-0.2, 0) is 11.5 Å². The van der Waals surface area contributed by atoms with E-state index in [9.17, 15) is 4.79 Å². The van der Waals surface area contributed by atoms with Crippen LogP contribution in [-0.4, -0.2) is 19.6 Å². The van der Waals surface area contributed by atoms with Crippen molar-refractivity contribution in [1.29, 1.82) is 0 Å². The van der Waals surface area contributed by atoms with Gasteiger partial charge in [0.1, 0.15) is 0 Å².